The molecule has 1 aliphatic carbocycles. The molecule has 3 N–H and O–H groups in total. The quantitative estimate of drug-likeness (QED) is 0.334. The number of nitrogens with one attached hydrogen (secondary N) is 1. The minimum Gasteiger partial charge on any atom is -0.351 e. The van der Waals surface area contributed by atoms with Crippen LogP contribution < -0.4 is 20.3 Å². The van der Waals surface area contributed by atoms with Crippen LogP contribution in [0.1, 0.15) is 44.7 Å². The smallest absolute Gasteiger partial charge is 0.252 e. The van der Waals surface area contributed by atoms with Gasteiger partial charge in [0.15, 0.2) is 5.69 Å². The fraction of sp³-hybridized carbons (Fsp3) is 0.300. The van der Waals surface area contributed by atoms with E-state index in [1.165, 1.54) is 48.7 Å². The third-order valence-electron chi connectivity index (χ3n) is 7.41. The topological polar surface area (TPSA) is 147 Å². The molecule has 2 heterocycles. The van der Waals surface area contributed by atoms with Crippen LogP contribution in [-0.2, 0) is 24.4 Å². The lowest BCUT2D eigenvalue weighted by atomic mass is 9.87. The number of amides is 3. The molecule has 15 heteroatoms. The van der Waals surface area contributed by atoms with Crippen LogP contribution in [0.25, 0.3) is 4.85 Å². The molecule has 0 spiro atoms. The van der Waals surface area contributed by atoms with Crippen molar-refractivity contribution in [2.75, 3.05) is 9.80 Å². The van der Waals surface area contributed by atoms with Gasteiger partial charge < -0.3 is 5.32 Å². The Morgan fingerprint density at radius 3 is 2.51 bits per heavy atom. The van der Waals surface area contributed by atoms with Gasteiger partial charge in [0.05, 0.1) is 11.5 Å². The molecule has 1 saturated carbocycles. The van der Waals surface area contributed by atoms with Gasteiger partial charge in [-0.3, -0.25) is 24.2 Å². The van der Waals surface area contributed by atoms with Gasteiger partial charge in [-0.2, -0.15) is 0 Å². The molecule has 2 fully saturated rings. The van der Waals surface area contributed by atoms with Crippen molar-refractivity contribution in [1.82, 2.24) is 10.3 Å². The van der Waals surface area contributed by atoms with Crippen molar-refractivity contribution >= 4 is 56.5 Å². The number of nitrogens with two attached hydrogens (primary N) is 1. The van der Waals surface area contributed by atoms with Gasteiger partial charge in [0.25, 0.3) is 11.8 Å². The SMILES string of the molecule is C.[C-]#[N+]c1ccnc(N2C(=O)CC[C@H]2C(=O)N(c2cccc(S(N)(=O)=O)c2)[C@H](C(=O)NC2CC(F)(F)C2)c2ccccc2Cl)c1. The fourth-order valence-electron chi connectivity index (χ4n) is 5.33. The van der Waals surface area contributed by atoms with E-state index in [1.807, 2.05) is 0 Å². The van der Waals surface area contributed by atoms with Crippen LogP contribution >= 0.6 is 11.6 Å². The maximum absolute atomic E-state index is 14.6. The van der Waals surface area contributed by atoms with Crippen molar-refractivity contribution in [3.05, 3.63) is 88.9 Å². The number of rotatable bonds is 8. The number of alkyl halides is 2. The number of hydrogen-bond donors (Lipinski definition) is 2. The van der Waals surface area contributed by atoms with E-state index in [2.05, 4.69) is 15.1 Å². The predicted molar refractivity (Wildman–Crippen MR) is 163 cm³/mol. The Bertz CT molecular complexity index is 1790. The zero-order chi connectivity index (χ0) is 31.8. The summed E-state index contributed by atoms with van der Waals surface area (Å²) in [6.45, 7) is 7.32. The monoisotopic (exact) mass is 658 g/mol. The molecule has 3 aromatic rings. The highest BCUT2D eigenvalue weighted by Crippen LogP contribution is 2.40. The second-order valence-corrected chi connectivity index (χ2v) is 12.4. The predicted octanol–water partition coefficient (Wildman–Crippen LogP) is 4.75. The summed E-state index contributed by atoms with van der Waals surface area (Å²) in [4.78, 5) is 50.9. The number of halogens is 3. The van der Waals surface area contributed by atoms with Gasteiger partial charge in [0.2, 0.25) is 21.8 Å². The summed E-state index contributed by atoms with van der Waals surface area (Å²) in [5, 5.41) is 8.00. The second-order valence-electron chi connectivity index (χ2n) is 10.4. The number of pyridine rings is 1. The van der Waals surface area contributed by atoms with Crippen LogP contribution in [0.15, 0.2) is 71.8 Å². The van der Waals surface area contributed by atoms with E-state index < -0.39 is 64.6 Å². The summed E-state index contributed by atoms with van der Waals surface area (Å²) in [5.41, 5.74) is 0.211. The first-order valence-electron chi connectivity index (χ1n) is 13.3. The maximum Gasteiger partial charge on any atom is 0.252 e. The first kappa shape index (κ1) is 33.4. The van der Waals surface area contributed by atoms with Crippen LogP contribution in [0.3, 0.4) is 0 Å². The highest BCUT2D eigenvalue weighted by atomic mass is 35.5. The fourth-order valence-corrected chi connectivity index (χ4v) is 6.12. The first-order chi connectivity index (χ1) is 20.8. The van der Waals surface area contributed by atoms with Crippen LogP contribution in [0, 0.1) is 6.57 Å². The molecule has 1 aromatic heterocycles. The van der Waals surface area contributed by atoms with Crippen molar-refractivity contribution in [1.29, 1.82) is 0 Å². The molecule has 0 unspecified atom stereocenters. The van der Waals surface area contributed by atoms with E-state index in [-0.39, 0.29) is 52.9 Å². The Labute approximate surface area is 263 Å². The number of primary sulfonamides is 1. The Balaban J connectivity index is 0.00000461. The van der Waals surface area contributed by atoms with Gasteiger partial charge in [-0.15, -0.1) is 0 Å². The number of carbonyl (C=O) groups excluding carboxylic acids is 3. The number of anilines is 2. The molecule has 0 radical (unpaired) electrons. The Hall–Kier alpha value is -4.45. The molecule has 0 bridgehead atoms. The highest BCUT2D eigenvalue weighted by molar-refractivity contribution is 7.89. The van der Waals surface area contributed by atoms with Gasteiger partial charge in [-0.05, 0) is 42.8 Å². The van der Waals surface area contributed by atoms with Gasteiger partial charge in [0.1, 0.15) is 17.9 Å². The molecule has 236 valence electrons. The lowest BCUT2D eigenvalue weighted by Gasteiger charge is -2.39. The third kappa shape index (κ3) is 6.95. The van der Waals surface area contributed by atoms with E-state index >= 15 is 0 Å². The van der Waals surface area contributed by atoms with Gasteiger partial charge in [0, 0.05) is 47.8 Å². The summed E-state index contributed by atoms with van der Waals surface area (Å²) in [7, 11) is -4.27. The number of sulfonamides is 1. The molecule has 3 amide bonds. The Morgan fingerprint density at radius 2 is 1.87 bits per heavy atom. The third-order valence-corrected chi connectivity index (χ3v) is 8.66. The number of aromatic nitrogens is 1. The van der Waals surface area contributed by atoms with E-state index in [4.69, 9.17) is 23.3 Å². The second kappa shape index (κ2) is 12.9. The van der Waals surface area contributed by atoms with Gasteiger partial charge in [-0.1, -0.05) is 43.3 Å². The lowest BCUT2D eigenvalue weighted by Crippen LogP contribution is -2.56. The van der Waals surface area contributed by atoms with Crippen molar-refractivity contribution < 1.29 is 31.6 Å². The molecule has 45 heavy (non-hydrogen) atoms. The van der Waals surface area contributed by atoms with Crippen LogP contribution in [0.2, 0.25) is 5.02 Å². The lowest BCUT2D eigenvalue weighted by molar-refractivity contribution is -0.133. The van der Waals surface area contributed by atoms with Crippen molar-refractivity contribution in [3.8, 4) is 0 Å². The van der Waals surface area contributed by atoms with E-state index in [9.17, 15) is 31.6 Å². The standard InChI is InChI=1S/C29H25ClF2N6O5S.CH4/c1-34-17-11-12-35-24(13-17)38-23(9-10-25(38)39)28(41)37(19-5-4-6-20(14-19)44(33,42)43)26(21-7-2-3-8-22(21)30)27(40)36-18-15-29(31,32)16-18;/h2-8,11-14,18,23,26H,9-10,15-16H2,(H,36,40)(H2,33,42,43);1H4/t23-,26-;/m0./s1. The molecular weight excluding hydrogens is 630 g/mol. The van der Waals surface area contributed by atoms with Crippen molar-refractivity contribution in [2.45, 2.75) is 62.1 Å². The van der Waals surface area contributed by atoms with Gasteiger partial charge >= 0.3 is 0 Å². The molecule has 2 aromatic carbocycles. The van der Waals surface area contributed by atoms with Crippen LogP contribution in [0.4, 0.5) is 26.0 Å². The zero-order valence-corrected chi connectivity index (χ0v) is 24.4. The van der Waals surface area contributed by atoms with E-state index in [1.54, 1.807) is 12.1 Å². The summed E-state index contributed by atoms with van der Waals surface area (Å²) in [6, 6.07) is 10.2. The maximum atomic E-state index is 14.6. The van der Waals surface area contributed by atoms with Gasteiger partial charge in [-0.25, -0.2) is 32.2 Å². The Morgan fingerprint density at radius 1 is 1.16 bits per heavy atom. The molecule has 2 aliphatic rings. The normalized spacial score (nSPS) is 18.2. The van der Waals surface area contributed by atoms with Crippen LogP contribution in [0.5, 0.6) is 0 Å². The number of nitrogens with zero attached hydrogens (tertiary/aromatic N) is 4. The highest BCUT2D eigenvalue weighted by Gasteiger charge is 2.48. The zero-order valence-electron chi connectivity index (χ0n) is 22.9. The molecule has 1 saturated heterocycles. The average molecular weight is 659 g/mol. The molecule has 5 rings (SSSR count). The van der Waals surface area contributed by atoms with Crippen molar-refractivity contribution in [3.63, 3.8) is 0 Å². The molecule has 1 aliphatic heterocycles. The summed E-state index contributed by atoms with van der Waals surface area (Å²) < 4.78 is 51.9. The number of carbonyl (C=O) groups is 3. The molecular formula is C30H29ClF2N6O5S. The average Bonchev–Trinajstić information content (AvgIpc) is 3.36. The molecule has 2 atom stereocenters. The Kier molecular flexibility index (Phi) is 9.57. The minimum absolute atomic E-state index is 0. The minimum atomic E-state index is -4.27. The van der Waals surface area contributed by atoms with Crippen LogP contribution in [-0.4, -0.2) is 49.1 Å². The van der Waals surface area contributed by atoms with E-state index in [0.717, 1.165) is 15.9 Å². The number of hydrogen-bond acceptors (Lipinski definition) is 6. The first-order valence-corrected chi connectivity index (χ1v) is 15.3. The number of benzene rings is 2. The largest absolute Gasteiger partial charge is 0.351 e. The van der Waals surface area contributed by atoms with Crippen molar-refractivity contribution in [2.24, 2.45) is 5.14 Å². The summed E-state index contributed by atoms with van der Waals surface area (Å²) in [5.74, 6) is -5.04. The summed E-state index contributed by atoms with van der Waals surface area (Å²) >= 11 is 6.52. The summed E-state index contributed by atoms with van der Waals surface area (Å²) in [6.07, 6.45) is 0.0510. The van der Waals surface area contributed by atoms with E-state index in [0.29, 0.717) is 0 Å². The molecule has 11 nitrogen and oxygen atoms in total.